The molecule has 0 radical (unpaired) electrons. The van der Waals surface area contributed by atoms with E-state index in [-0.39, 0.29) is 5.92 Å². The van der Waals surface area contributed by atoms with Crippen LogP contribution in [0.1, 0.15) is 63.4 Å². The second-order valence-corrected chi connectivity index (χ2v) is 6.57. The predicted octanol–water partition coefficient (Wildman–Crippen LogP) is 6.88. The molecule has 1 fully saturated rings. The van der Waals surface area contributed by atoms with Gasteiger partial charge >= 0.3 is 6.36 Å². The molecule has 0 amide bonds. The molecule has 0 bridgehead atoms. The topological polar surface area (TPSA) is 9.23 Å². The Labute approximate surface area is 144 Å². The first kappa shape index (κ1) is 19.7. The van der Waals surface area contributed by atoms with Crippen molar-refractivity contribution in [2.75, 3.05) is 0 Å². The molecular weight excluding hydrogens is 339 g/mol. The van der Waals surface area contributed by atoms with Gasteiger partial charge in [-0.25, -0.2) is 8.78 Å². The van der Waals surface area contributed by atoms with Gasteiger partial charge in [-0.3, -0.25) is 0 Å². The van der Waals surface area contributed by atoms with Gasteiger partial charge in [-0.2, -0.15) is 0 Å². The smallest absolute Gasteiger partial charge is 0.399 e. The Hall–Kier alpha value is -1.59. The van der Waals surface area contributed by atoms with Gasteiger partial charge < -0.3 is 4.74 Å². The van der Waals surface area contributed by atoms with Crippen molar-refractivity contribution in [1.82, 2.24) is 0 Å². The Balaban J connectivity index is 1.97. The van der Waals surface area contributed by atoms with Crippen LogP contribution in [0, 0.1) is 17.6 Å². The Morgan fingerprint density at radius 2 is 1.64 bits per heavy atom. The molecule has 1 aromatic carbocycles. The minimum Gasteiger partial charge on any atom is -0.399 e. The lowest BCUT2D eigenvalue weighted by Crippen LogP contribution is -2.19. The molecule has 0 atom stereocenters. The lowest BCUT2D eigenvalue weighted by molar-refractivity contribution is -0.276. The molecule has 1 saturated carbocycles. The largest absolute Gasteiger partial charge is 0.573 e. The van der Waals surface area contributed by atoms with Gasteiger partial charge in [0.25, 0.3) is 0 Å². The second-order valence-electron chi connectivity index (χ2n) is 6.57. The third-order valence-electron chi connectivity index (χ3n) is 4.65. The zero-order valence-electron chi connectivity index (χ0n) is 14.2. The third kappa shape index (κ3) is 6.01. The predicted molar refractivity (Wildman–Crippen MR) is 86.4 cm³/mol. The Kier molecular flexibility index (Phi) is 6.85. The van der Waals surface area contributed by atoms with Crippen LogP contribution in [-0.2, 0) is 0 Å². The number of hydrogen-bond donors (Lipinski definition) is 0. The van der Waals surface area contributed by atoms with Crippen molar-refractivity contribution in [2.45, 2.75) is 64.1 Å². The Morgan fingerprint density at radius 1 is 1.04 bits per heavy atom. The molecule has 0 spiro atoms. The van der Waals surface area contributed by atoms with E-state index in [0.29, 0.717) is 11.5 Å². The highest BCUT2D eigenvalue weighted by Gasteiger charge is 2.34. The molecule has 1 aliphatic rings. The van der Waals surface area contributed by atoms with Crippen LogP contribution in [0.4, 0.5) is 22.0 Å². The normalized spacial score (nSPS) is 21.7. The average Bonchev–Trinajstić information content (AvgIpc) is 2.54. The number of rotatable bonds is 6. The van der Waals surface area contributed by atoms with E-state index in [1.54, 1.807) is 0 Å². The number of alkyl halides is 3. The Morgan fingerprint density at radius 3 is 2.16 bits per heavy atom. The van der Waals surface area contributed by atoms with Crippen LogP contribution in [0.25, 0.3) is 0 Å². The van der Waals surface area contributed by atoms with Gasteiger partial charge in [0, 0.05) is 0 Å². The van der Waals surface area contributed by atoms with E-state index in [1.807, 2.05) is 0 Å². The van der Waals surface area contributed by atoms with Crippen molar-refractivity contribution in [3.63, 3.8) is 0 Å². The van der Waals surface area contributed by atoms with Crippen molar-refractivity contribution in [3.05, 3.63) is 41.5 Å². The molecule has 0 aliphatic heterocycles. The summed E-state index contributed by atoms with van der Waals surface area (Å²) in [6, 6.07) is 1.94. The highest BCUT2D eigenvalue weighted by atomic mass is 19.4. The summed E-state index contributed by atoms with van der Waals surface area (Å²) in [7, 11) is 0. The SMILES string of the molecule is CCCC=CCC1CCC(c2cc(F)c(OC(F)(F)F)c(F)c2)CC1. The Bertz CT molecular complexity index is 563. The highest BCUT2D eigenvalue weighted by molar-refractivity contribution is 5.33. The number of hydrogen-bond acceptors (Lipinski definition) is 1. The molecule has 0 N–H and O–H groups in total. The molecule has 0 aromatic heterocycles. The summed E-state index contributed by atoms with van der Waals surface area (Å²) < 4.78 is 67.7. The summed E-state index contributed by atoms with van der Waals surface area (Å²) in [5.74, 6) is -3.47. The fourth-order valence-electron chi connectivity index (χ4n) is 3.33. The summed E-state index contributed by atoms with van der Waals surface area (Å²) in [6.07, 6.45) is 5.91. The van der Waals surface area contributed by atoms with Gasteiger partial charge in [0.15, 0.2) is 11.6 Å². The number of ether oxygens (including phenoxy) is 1. The molecule has 0 saturated heterocycles. The number of benzene rings is 1. The maximum absolute atomic E-state index is 13.8. The van der Waals surface area contributed by atoms with E-state index >= 15 is 0 Å². The van der Waals surface area contributed by atoms with Gasteiger partial charge in [0.2, 0.25) is 5.75 Å². The first-order valence-electron chi connectivity index (χ1n) is 8.69. The lowest BCUT2D eigenvalue weighted by Gasteiger charge is -2.28. The molecule has 1 aromatic rings. The van der Waals surface area contributed by atoms with Crippen molar-refractivity contribution < 1.29 is 26.7 Å². The maximum atomic E-state index is 13.8. The summed E-state index contributed by atoms with van der Waals surface area (Å²) in [4.78, 5) is 0. The van der Waals surface area contributed by atoms with Gasteiger partial charge in [-0.15, -0.1) is 13.2 Å². The second kappa shape index (κ2) is 8.68. The van der Waals surface area contributed by atoms with E-state index in [0.717, 1.165) is 57.1 Å². The van der Waals surface area contributed by atoms with E-state index in [4.69, 9.17) is 0 Å². The maximum Gasteiger partial charge on any atom is 0.573 e. The summed E-state index contributed by atoms with van der Waals surface area (Å²) in [5, 5.41) is 0. The molecule has 140 valence electrons. The first-order chi connectivity index (χ1) is 11.8. The third-order valence-corrected chi connectivity index (χ3v) is 4.65. The van der Waals surface area contributed by atoms with E-state index < -0.39 is 23.7 Å². The molecule has 0 heterocycles. The van der Waals surface area contributed by atoms with Gasteiger partial charge in [0.05, 0.1) is 0 Å². The molecule has 1 nitrogen and oxygen atoms in total. The summed E-state index contributed by atoms with van der Waals surface area (Å²) in [6.45, 7) is 2.12. The lowest BCUT2D eigenvalue weighted by atomic mass is 9.77. The van der Waals surface area contributed by atoms with Gasteiger partial charge in [-0.1, -0.05) is 25.5 Å². The van der Waals surface area contributed by atoms with Crippen molar-refractivity contribution in [1.29, 1.82) is 0 Å². The van der Waals surface area contributed by atoms with Gasteiger partial charge in [-0.05, 0) is 68.1 Å². The highest BCUT2D eigenvalue weighted by Crippen LogP contribution is 2.39. The van der Waals surface area contributed by atoms with Crippen LogP contribution in [0.5, 0.6) is 5.75 Å². The molecular formula is C19H23F5O. The molecule has 0 unspecified atom stereocenters. The zero-order valence-corrected chi connectivity index (χ0v) is 14.2. The van der Waals surface area contributed by atoms with Crippen LogP contribution < -0.4 is 4.74 Å². The molecule has 6 heteroatoms. The summed E-state index contributed by atoms with van der Waals surface area (Å²) in [5.41, 5.74) is 0.407. The first-order valence-corrected chi connectivity index (χ1v) is 8.69. The zero-order chi connectivity index (χ0) is 18.4. The minimum absolute atomic E-state index is 0.0280. The molecule has 1 aliphatic carbocycles. The van der Waals surface area contributed by atoms with Crippen molar-refractivity contribution in [2.24, 2.45) is 5.92 Å². The monoisotopic (exact) mass is 362 g/mol. The fraction of sp³-hybridized carbons (Fsp3) is 0.579. The number of unbranched alkanes of at least 4 members (excludes halogenated alkanes) is 1. The summed E-state index contributed by atoms with van der Waals surface area (Å²) >= 11 is 0. The van der Waals surface area contributed by atoms with E-state index in [9.17, 15) is 22.0 Å². The van der Waals surface area contributed by atoms with E-state index in [2.05, 4.69) is 23.8 Å². The van der Waals surface area contributed by atoms with Crippen LogP contribution in [0.15, 0.2) is 24.3 Å². The number of allylic oxidation sites excluding steroid dienone is 2. The fourth-order valence-corrected chi connectivity index (χ4v) is 3.33. The van der Waals surface area contributed by atoms with Crippen molar-refractivity contribution in [3.8, 4) is 5.75 Å². The van der Waals surface area contributed by atoms with Crippen LogP contribution in [-0.4, -0.2) is 6.36 Å². The minimum atomic E-state index is -5.12. The van der Waals surface area contributed by atoms with Gasteiger partial charge in [0.1, 0.15) is 0 Å². The molecule has 2 rings (SSSR count). The standard InChI is InChI=1S/C19H23F5O/c1-2-3-4-5-6-13-7-9-14(10-8-13)15-11-16(20)18(17(21)12-15)25-19(22,23)24/h4-5,11-14H,2-3,6-10H2,1H3. The van der Waals surface area contributed by atoms with E-state index in [1.165, 1.54) is 0 Å². The number of halogens is 5. The van der Waals surface area contributed by atoms with Crippen LogP contribution in [0.3, 0.4) is 0 Å². The van der Waals surface area contributed by atoms with Crippen LogP contribution >= 0.6 is 0 Å². The quantitative estimate of drug-likeness (QED) is 0.396. The van der Waals surface area contributed by atoms with Crippen LogP contribution in [0.2, 0.25) is 0 Å². The van der Waals surface area contributed by atoms with Crippen molar-refractivity contribution >= 4 is 0 Å². The molecule has 25 heavy (non-hydrogen) atoms. The average molecular weight is 362 g/mol.